The molecule has 1 aromatic rings. The predicted octanol–water partition coefficient (Wildman–Crippen LogP) is 0.937. The zero-order chi connectivity index (χ0) is 15.7. The molecule has 5 heteroatoms. The average Bonchev–Trinajstić information content (AvgIpc) is 2.66. The quantitative estimate of drug-likeness (QED) is 0.838. The number of nitrogens with zero attached hydrogens (tertiary/aromatic N) is 2. The van der Waals surface area contributed by atoms with Gasteiger partial charge in [0.15, 0.2) is 0 Å². The second kappa shape index (κ2) is 5.69. The van der Waals surface area contributed by atoms with Gasteiger partial charge in [0.2, 0.25) is 0 Å². The molecule has 0 atom stereocenters. The van der Waals surface area contributed by atoms with Crippen molar-refractivity contribution in [1.82, 2.24) is 9.80 Å². The zero-order valence-corrected chi connectivity index (χ0v) is 12.8. The first-order valence-corrected chi connectivity index (χ1v) is 6.84. The molecule has 0 saturated carbocycles. The van der Waals surface area contributed by atoms with E-state index in [1.165, 1.54) is 7.05 Å². The van der Waals surface area contributed by atoms with Gasteiger partial charge in [-0.3, -0.25) is 14.5 Å². The van der Waals surface area contributed by atoms with Crippen molar-refractivity contribution < 1.29 is 14.7 Å². The third-order valence-electron chi connectivity index (χ3n) is 3.88. The van der Waals surface area contributed by atoms with Crippen LogP contribution in [0.25, 0.3) is 5.57 Å². The summed E-state index contributed by atoms with van der Waals surface area (Å²) in [6.45, 7) is 4.20. The molecule has 0 aromatic heterocycles. The molecular formula is C16H20N2O3. The van der Waals surface area contributed by atoms with Gasteiger partial charge in [0.25, 0.3) is 11.8 Å². The van der Waals surface area contributed by atoms with Crippen molar-refractivity contribution in [2.45, 2.75) is 13.8 Å². The maximum atomic E-state index is 12.4. The Hall–Kier alpha value is -2.14. The third-order valence-corrected chi connectivity index (χ3v) is 3.88. The van der Waals surface area contributed by atoms with E-state index in [4.69, 9.17) is 5.11 Å². The first-order valence-electron chi connectivity index (χ1n) is 6.84. The molecule has 1 aromatic carbocycles. The minimum absolute atomic E-state index is 0.0780. The van der Waals surface area contributed by atoms with Gasteiger partial charge in [-0.15, -0.1) is 0 Å². The molecule has 0 bridgehead atoms. The highest BCUT2D eigenvalue weighted by molar-refractivity contribution is 6.35. The number of carbonyl (C=O) groups excluding carboxylic acids is 2. The maximum Gasteiger partial charge on any atom is 0.277 e. The van der Waals surface area contributed by atoms with Crippen LogP contribution in [0.2, 0.25) is 0 Å². The lowest BCUT2D eigenvalue weighted by molar-refractivity contribution is -0.135. The summed E-state index contributed by atoms with van der Waals surface area (Å²) in [5.41, 5.74) is 3.69. The van der Waals surface area contributed by atoms with Gasteiger partial charge in [-0.25, -0.2) is 0 Å². The molecule has 1 N–H and O–H groups in total. The molecule has 0 unspecified atom stereocenters. The Kier molecular flexibility index (Phi) is 4.14. The number of aliphatic hydroxyl groups is 1. The minimum Gasteiger partial charge on any atom is -0.395 e. The number of hydrogen-bond acceptors (Lipinski definition) is 4. The summed E-state index contributed by atoms with van der Waals surface area (Å²) >= 11 is 0. The minimum atomic E-state index is -0.329. The number of likely N-dealkylation sites (N-methyl/N-ethyl adjacent to an activating group) is 2. The van der Waals surface area contributed by atoms with Gasteiger partial charge in [-0.2, -0.15) is 0 Å². The molecule has 2 amide bonds. The summed E-state index contributed by atoms with van der Waals surface area (Å²) in [6.07, 6.45) is 0. The summed E-state index contributed by atoms with van der Waals surface area (Å²) in [6, 6.07) is 5.72. The Morgan fingerprint density at radius 2 is 1.81 bits per heavy atom. The highest BCUT2D eigenvalue weighted by Crippen LogP contribution is 2.30. The molecule has 0 fully saturated rings. The van der Waals surface area contributed by atoms with Crippen molar-refractivity contribution in [3.63, 3.8) is 0 Å². The van der Waals surface area contributed by atoms with Gasteiger partial charge in [0, 0.05) is 20.6 Å². The van der Waals surface area contributed by atoms with Crippen LogP contribution in [0.1, 0.15) is 16.7 Å². The fourth-order valence-electron chi connectivity index (χ4n) is 2.40. The fourth-order valence-corrected chi connectivity index (χ4v) is 2.40. The van der Waals surface area contributed by atoms with Crippen molar-refractivity contribution in [2.24, 2.45) is 0 Å². The van der Waals surface area contributed by atoms with Crippen molar-refractivity contribution >= 4 is 17.4 Å². The van der Waals surface area contributed by atoms with Crippen molar-refractivity contribution in [2.75, 3.05) is 27.2 Å². The van der Waals surface area contributed by atoms with Gasteiger partial charge >= 0.3 is 0 Å². The summed E-state index contributed by atoms with van der Waals surface area (Å²) in [4.78, 5) is 27.4. The second-order valence-corrected chi connectivity index (χ2v) is 5.34. The number of carbonyl (C=O) groups is 2. The van der Waals surface area contributed by atoms with E-state index in [1.807, 2.05) is 32.0 Å². The number of benzene rings is 1. The molecule has 0 spiro atoms. The van der Waals surface area contributed by atoms with E-state index in [0.717, 1.165) is 21.6 Å². The van der Waals surface area contributed by atoms with Gasteiger partial charge in [0.05, 0.1) is 12.2 Å². The van der Waals surface area contributed by atoms with E-state index >= 15 is 0 Å². The summed E-state index contributed by atoms with van der Waals surface area (Å²) in [7, 11) is 3.18. The van der Waals surface area contributed by atoms with E-state index in [-0.39, 0.29) is 18.4 Å². The van der Waals surface area contributed by atoms with E-state index in [0.29, 0.717) is 17.8 Å². The first kappa shape index (κ1) is 15.3. The predicted molar refractivity (Wildman–Crippen MR) is 80.3 cm³/mol. The van der Waals surface area contributed by atoms with Crippen LogP contribution in [-0.2, 0) is 9.59 Å². The molecule has 1 aliphatic heterocycles. The second-order valence-electron chi connectivity index (χ2n) is 5.34. The lowest BCUT2D eigenvalue weighted by atomic mass is 9.99. The lowest BCUT2D eigenvalue weighted by Gasteiger charge is -2.19. The molecule has 2 rings (SSSR count). The molecular weight excluding hydrogens is 268 g/mol. The molecule has 112 valence electrons. The van der Waals surface area contributed by atoms with Crippen LogP contribution in [0.15, 0.2) is 23.9 Å². The topological polar surface area (TPSA) is 60.9 Å². The van der Waals surface area contributed by atoms with Gasteiger partial charge in [0.1, 0.15) is 5.70 Å². The number of rotatable bonds is 4. The molecule has 5 nitrogen and oxygen atoms in total. The molecule has 0 radical (unpaired) electrons. The summed E-state index contributed by atoms with van der Waals surface area (Å²) in [5, 5.41) is 9.08. The summed E-state index contributed by atoms with van der Waals surface area (Å²) < 4.78 is 0. The molecule has 21 heavy (non-hydrogen) atoms. The van der Waals surface area contributed by atoms with Crippen molar-refractivity contribution in [3.05, 3.63) is 40.6 Å². The van der Waals surface area contributed by atoms with Crippen molar-refractivity contribution in [3.8, 4) is 0 Å². The molecule has 0 aliphatic carbocycles. The third kappa shape index (κ3) is 2.56. The largest absolute Gasteiger partial charge is 0.395 e. The van der Waals surface area contributed by atoms with Crippen LogP contribution in [-0.4, -0.2) is 54.0 Å². The van der Waals surface area contributed by atoms with E-state index in [1.54, 1.807) is 11.9 Å². The van der Waals surface area contributed by atoms with Crippen LogP contribution >= 0.6 is 0 Å². The summed E-state index contributed by atoms with van der Waals surface area (Å²) in [5.74, 6) is -0.632. The Balaban J connectivity index is 2.60. The fraction of sp³-hybridized carbons (Fsp3) is 0.375. The van der Waals surface area contributed by atoms with Crippen LogP contribution in [0, 0.1) is 13.8 Å². The van der Waals surface area contributed by atoms with E-state index in [2.05, 4.69) is 0 Å². The SMILES string of the molecule is Cc1ccc(C2=C(N(C)CCO)C(=O)N(C)C2=O)cc1C. The Morgan fingerprint density at radius 3 is 2.38 bits per heavy atom. The zero-order valence-electron chi connectivity index (χ0n) is 12.8. The highest BCUT2D eigenvalue weighted by atomic mass is 16.3. The van der Waals surface area contributed by atoms with Gasteiger partial charge < -0.3 is 10.0 Å². The first-order chi connectivity index (χ1) is 9.88. The molecule has 0 saturated heterocycles. The van der Waals surface area contributed by atoms with Crippen LogP contribution < -0.4 is 0 Å². The number of aliphatic hydroxyl groups excluding tert-OH is 1. The van der Waals surface area contributed by atoms with Gasteiger partial charge in [-0.05, 0) is 30.5 Å². The average molecular weight is 288 g/mol. The molecule has 1 aliphatic rings. The normalized spacial score (nSPS) is 15.2. The standard InChI is InChI=1S/C16H20N2O3/c1-10-5-6-12(9-11(10)2)13-14(17(3)7-8-19)16(21)18(4)15(13)20/h5-6,9,19H,7-8H2,1-4H3. The number of amides is 2. The Bertz CT molecular complexity index is 634. The Labute approximate surface area is 124 Å². The smallest absolute Gasteiger partial charge is 0.277 e. The van der Waals surface area contributed by atoms with E-state index in [9.17, 15) is 9.59 Å². The van der Waals surface area contributed by atoms with Crippen molar-refractivity contribution in [1.29, 1.82) is 0 Å². The monoisotopic (exact) mass is 288 g/mol. The van der Waals surface area contributed by atoms with Crippen LogP contribution in [0.5, 0.6) is 0 Å². The number of hydrogen-bond donors (Lipinski definition) is 1. The van der Waals surface area contributed by atoms with Gasteiger partial charge in [-0.1, -0.05) is 18.2 Å². The number of aryl methyl sites for hydroxylation is 2. The lowest BCUT2D eigenvalue weighted by Crippen LogP contribution is -2.31. The van der Waals surface area contributed by atoms with Crippen LogP contribution in [0.3, 0.4) is 0 Å². The molecule has 1 heterocycles. The van der Waals surface area contributed by atoms with Crippen LogP contribution in [0.4, 0.5) is 0 Å². The maximum absolute atomic E-state index is 12.4. The number of imide groups is 1. The Morgan fingerprint density at radius 1 is 1.14 bits per heavy atom. The highest BCUT2D eigenvalue weighted by Gasteiger charge is 2.38. The van der Waals surface area contributed by atoms with E-state index < -0.39 is 0 Å².